The Balaban J connectivity index is 1.36. The molecular formula is C22H22N2O4. The highest BCUT2D eigenvalue weighted by Gasteiger charge is 2.21. The highest BCUT2D eigenvalue weighted by Crippen LogP contribution is 2.32. The number of amides is 2. The van der Waals surface area contributed by atoms with Crippen LogP contribution in [0.1, 0.15) is 24.0 Å². The highest BCUT2D eigenvalue weighted by atomic mass is 16.7. The maximum atomic E-state index is 12.4. The predicted molar refractivity (Wildman–Crippen MR) is 106 cm³/mol. The number of likely N-dealkylation sites (N-methyl/N-ethyl adjacent to an activating group) is 1. The molecule has 0 bridgehead atoms. The van der Waals surface area contributed by atoms with Gasteiger partial charge in [-0.05, 0) is 47.9 Å². The molecule has 0 aliphatic carbocycles. The van der Waals surface area contributed by atoms with Gasteiger partial charge in [0.15, 0.2) is 11.5 Å². The van der Waals surface area contributed by atoms with Gasteiger partial charge in [-0.2, -0.15) is 0 Å². The van der Waals surface area contributed by atoms with E-state index < -0.39 is 0 Å². The first-order valence-corrected chi connectivity index (χ1v) is 9.32. The number of hydrogen-bond acceptors (Lipinski definition) is 4. The number of rotatable bonds is 5. The molecule has 1 saturated heterocycles. The van der Waals surface area contributed by atoms with E-state index in [-0.39, 0.29) is 18.6 Å². The van der Waals surface area contributed by atoms with E-state index in [0.29, 0.717) is 18.7 Å². The van der Waals surface area contributed by atoms with Gasteiger partial charge < -0.3 is 19.3 Å². The van der Waals surface area contributed by atoms with Crippen LogP contribution in [0.25, 0.3) is 6.08 Å². The first kappa shape index (κ1) is 18.1. The summed E-state index contributed by atoms with van der Waals surface area (Å²) in [7, 11) is 1.76. The first-order chi connectivity index (χ1) is 13.6. The van der Waals surface area contributed by atoms with Gasteiger partial charge in [0, 0.05) is 38.3 Å². The number of benzene rings is 2. The Morgan fingerprint density at radius 2 is 1.93 bits per heavy atom. The van der Waals surface area contributed by atoms with Crippen LogP contribution in [0.4, 0.5) is 5.69 Å². The van der Waals surface area contributed by atoms with E-state index in [0.717, 1.165) is 35.5 Å². The Labute approximate surface area is 164 Å². The van der Waals surface area contributed by atoms with Crippen molar-refractivity contribution in [3.8, 4) is 11.5 Å². The molecule has 0 radical (unpaired) electrons. The highest BCUT2D eigenvalue weighted by molar-refractivity contribution is 5.95. The number of carbonyl (C=O) groups is 2. The van der Waals surface area contributed by atoms with Crippen LogP contribution in [0.5, 0.6) is 11.5 Å². The molecule has 2 aliphatic rings. The van der Waals surface area contributed by atoms with Crippen molar-refractivity contribution < 1.29 is 19.1 Å². The van der Waals surface area contributed by atoms with Crippen molar-refractivity contribution >= 4 is 23.6 Å². The van der Waals surface area contributed by atoms with Gasteiger partial charge in [0.25, 0.3) is 0 Å². The Morgan fingerprint density at radius 3 is 2.68 bits per heavy atom. The third kappa shape index (κ3) is 3.86. The molecule has 0 aromatic heterocycles. The minimum absolute atomic E-state index is 0.0866. The third-order valence-corrected chi connectivity index (χ3v) is 4.93. The van der Waals surface area contributed by atoms with E-state index in [1.807, 2.05) is 42.5 Å². The van der Waals surface area contributed by atoms with E-state index in [9.17, 15) is 9.59 Å². The number of ether oxygens (including phenoxy) is 2. The van der Waals surface area contributed by atoms with Crippen LogP contribution >= 0.6 is 0 Å². The Kier molecular flexibility index (Phi) is 5.02. The molecule has 0 saturated carbocycles. The average Bonchev–Trinajstić information content (AvgIpc) is 3.34. The first-order valence-electron chi connectivity index (χ1n) is 9.32. The van der Waals surface area contributed by atoms with Crippen LogP contribution in [-0.2, 0) is 16.1 Å². The summed E-state index contributed by atoms with van der Waals surface area (Å²) in [5, 5.41) is 0. The molecule has 2 aromatic rings. The van der Waals surface area contributed by atoms with E-state index in [2.05, 4.69) is 0 Å². The monoisotopic (exact) mass is 378 g/mol. The quantitative estimate of drug-likeness (QED) is 0.750. The SMILES string of the molecule is CN(Cc1ccc2c(c1)OCO2)C(=O)C=Cc1ccc(N2CCCC2=O)cc1. The van der Waals surface area contributed by atoms with Gasteiger partial charge in [-0.3, -0.25) is 9.59 Å². The summed E-state index contributed by atoms with van der Waals surface area (Å²) in [6.07, 6.45) is 4.87. The summed E-state index contributed by atoms with van der Waals surface area (Å²) in [5.41, 5.74) is 2.80. The normalized spacial score (nSPS) is 15.5. The molecule has 4 rings (SSSR count). The number of carbonyl (C=O) groups excluding carboxylic acids is 2. The molecule has 0 unspecified atom stereocenters. The van der Waals surface area contributed by atoms with Crippen LogP contribution in [-0.4, -0.2) is 37.1 Å². The van der Waals surface area contributed by atoms with Crippen molar-refractivity contribution in [3.63, 3.8) is 0 Å². The van der Waals surface area contributed by atoms with Crippen LogP contribution in [0.15, 0.2) is 48.5 Å². The lowest BCUT2D eigenvalue weighted by Gasteiger charge is -2.16. The number of nitrogens with zero attached hydrogens (tertiary/aromatic N) is 2. The van der Waals surface area contributed by atoms with E-state index in [1.54, 1.807) is 29.0 Å². The van der Waals surface area contributed by atoms with Gasteiger partial charge in [-0.1, -0.05) is 18.2 Å². The second-order valence-electron chi connectivity index (χ2n) is 6.96. The lowest BCUT2D eigenvalue weighted by Crippen LogP contribution is -2.24. The maximum absolute atomic E-state index is 12.4. The van der Waals surface area contributed by atoms with E-state index in [4.69, 9.17) is 9.47 Å². The topological polar surface area (TPSA) is 59.1 Å². The lowest BCUT2D eigenvalue weighted by atomic mass is 10.1. The molecule has 1 fully saturated rings. The minimum atomic E-state index is -0.0866. The minimum Gasteiger partial charge on any atom is -0.454 e. The molecular weight excluding hydrogens is 356 g/mol. The van der Waals surface area contributed by atoms with Crippen LogP contribution in [0, 0.1) is 0 Å². The lowest BCUT2D eigenvalue weighted by molar-refractivity contribution is -0.125. The molecule has 6 nitrogen and oxygen atoms in total. The smallest absolute Gasteiger partial charge is 0.246 e. The zero-order valence-electron chi connectivity index (χ0n) is 15.8. The molecule has 2 heterocycles. The van der Waals surface area contributed by atoms with Crippen molar-refractivity contribution in [1.82, 2.24) is 4.90 Å². The fourth-order valence-electron chi connectivity index (χ4n) is 3.37. The Morgan fingerprint density at radius 1 is 1.14 bits per heavy atom. The third-order valence-electron chi connectivity index (χ3n) is 4.93. The van der Waals surface area contributed by atoms with Crippen molar-refractivity contribution in [2.75, 3.05) is 25.3 Å². The molecule has 2 aliphatic heterocycles. The fourth-order valence-corrected chi connectivity index (χ4v) is 3.37. The summed E-state index contributed by atoms with van der Waals surface area (Å²) in [6.45, 7) is 1.49. The van der Waals surface area contributed by atoms with Gasteiger partial charge in [-0.15, -0.1) is 0 Å². The standard InChI is InChI=1S/C22H22N2O4/c1-23(14-17-6-10-19-20(13-17)28-15-27-19)21(25)11-7-16-4-8-18(9-5-16)24-12-2-3-22(24)26/h4-11,13H,2-3,12,14-15H2,1H3. The van der Waals surface area contributed by atoms with E-state index in [1.165, 1.54) is 0 Å². The van der Waals surface area contributed by atoms with Gasteiger partial charge in [0.1, 0.15) is 0 Å². The molecule has 0 spiro atoms. The van der Waals surface area contributed by atoms with Crippen LogP contribution < -0.4 is 14.4 Å². The largest absolute Gasteiger partial charge is 0.454 e. The molecule has 0 N–H and O–H groups in total. The van der Waals surface area contributed by atoms with Crippen molar-refractivity contribution in [1.29, 1.82) is 0 Å². The molecule has 2 aromatic carbocycles. The second-order valence-corrected chi connectivity index (χ2v) is 6.96. The van der Waals surface area contributed by atoms with Gasteiger partial charge >= 0.3 is 0 Å². The van der Waals surface area contributed by atoms with Crippen LogP contribution in [0.3, 0.4) is 0 Å². The van der Waals surface area contributed by atoms with Crippen LogP contribution in [0.2, 0.25) is 0 Å². The summed E-state index contributed by atoms with van der Waals surface area (Å²) in [6, 6.07) is 13.4. The van der Waals surface area contributed by atoms with Gasteiger partial charge in [0.2, 0.25) is 18.6 Å². The van der Waals surface area contributed by atoms with Gasteiger partial charge in [0.05, 0.1) is 0 Å². The Bertz CT molecular complexity index is 921. The van der Waals surface area contributed by atoms with Crippen molar-refractivity contribution in [2.45, 2.75) is 19.4 Å². The van der Waals surface area contributed by atoms with E-state index >= 15 is 0 Å². The number of anilines is 1. The Hall–Kier alpha value is -3.28. The van der Waals surface area contributed by atoms with Gasteiger partial charge in [-0.25, -0.2) is 0 Å². The summed E-state index contributed by atoms with van der Waals surface area (Å²) >= 11 is 0. The number of hydrogen-bond donors (Lipinski definition) is 0. The zero-order valence-corrected chi connectivity index (χ0v) is 15.8. The number of fused-ring (bicyclic) bond motifs is 1. The maximum Gasteiger partial charge on any atom is 0.246 e. The molecule has 2 amide bonds. The summed E-state index contributed by atoms with van der Waals surface area (Å²) < 4.78 is 10.7. The molecule has 6 heteroatoms. The summed E-state index contributed by atoms with van der Waals surface area (Å²) in [5.74, 6) is 1.53. The molecule has 0 atom stereocenters. The fraction of sp³-hybridized carbons (Fsp3) is 0.273. The second kappa shape index (κ2) is 7.76. The summed E-state index contributed by atoms with van der Waals surface area (Å²) in [4.78, 5) is 27.7. The molecule has 144 valence electrons. The average molecular weight is 378 g/mol. The van der Waals surface area contributed by atoms with Crippen molar-refractivity contribution in [2.24, 2.45) is 0 Å². The predicted octanol–water partition coefficient (Wildman–Crippen LogP) is 3.21. The zero-order chi connectivity index (χ0) is 19.5. The van der Waals surface area contributed by atoms with Crippen molar-refractivity contribution in [3.05, 3.63) is 59.7 Å². The molecule has 28 heavy (non-hydrogen) atoms.